The second-order valence-corrected chi connectivity index (χ2v) is 12.3. The third-order valence-electron chi connectivity index (χ3n) is 9.34. The molecule has 0 aromatic heterocycles. The third-order valence-corrected chi connectivity index (χ3v) is 9.34. The predicted octanol–water partition coefficient (Wildman–Crippen LogP) is 8.59. The van der Waals surface area contributed by atoms with Crippen LogP contribution in [-0.4, -0.2) is 24.3 Å². The van der Waals surface area contributed by atoms with Crippen molar-refractivity contribution in [2.45, 2.75) is 136 Å². The molecule has 2 atom stereocenters. The van der Waals surface area contributed by atoms with Crippen LogP contribution in [0.15, 0.2) is 30.3 Å². The molecule has 0 saturated heterocycles. The van der Waals surface area contributed by atoms with Crippen LogP contribution in [0.5, 0.6) is 0 Å². The van der Waals surface area contributed by atoms with Crippen molar-refractivity contribution in [2.24, 2.45) is 23.7 Å². The summed E-state index contributed by atoms with van der Waals surface area (Å²) in [7, 11) is 0. The average molecular weight is 526 g/mol. The number of hydrogen-bond acceptors (Lipinski definition) is 4. The normalized spacial score (nSPS) is 25.4. The number of nitrogens with one attached hydrogen (secondary N) is 1. The van der Waals surface area contributed by atoms with E-state index in [0.29, 0.717) is 12.3 Å². The first-order valence-electron chi connectivity index (χ1n) is 16.0. The second kappa shape index (κ2) is 17.1. The highest BCUT2D eigenvalue weighted by atomic mass is 16.5. The maximum absolute atomic E-state index is 13.2. The molecule has 2 aliphatic carbocycles. The lowest BCUT2D eigenvalue weighted by Gasteiger charge is -2.31. The summed E-state index contributed by atoms with van der Waals surface area (Å²) >= 11 is 0. The Labute approximate surface area is 233 Å². The molecule has 0 heterocycles. The molecule has 2 unspecified atom stereocenters. The molecule has 3 rings (SSSR count). The topological polar surface area (TPSA) is 55.4 Å². The molecular weight excluding hydrogens is 470 g/mol. The van der Waals surface area contributed by atoms with Gasteiger partial charge >= 0.3 is 5.97 Å². The van der Waals surface area contributed by atoms with Gasteiger partial charge in [0.2, 0.25) is 0 Å². The number of unbranched alkanes of at least 4 members (excludes halogenated alkanes) is 4. The Morgan fingerprint density at radius 2 is 1.32 bits per heavy atom. The fraction of sp³-hybridized carbons (Fsp3) is 0.765. The Kier molecular flexibility index (Phi) is 13.9. The van der Waals surface area contributed by atoms with Crippen molar-refractivity contribution in [1.29, 1.82) is 0 Å². The number of ether oxygens (including phenoxy) is 1. The number of benzene rings is 1. The zero-order valence-corrected chi connectivity index (χ0v) is 24.6. The molecule has 38 heavy (non-hydrogen) atoms. The smallest absolute Gasteiger partial charge is 0.309 e. The summed E-state index contributed by atoms with van der Waals surface area (Å²) in [6, 6.07) is 9.91. The second-order valence-electron chi connectivity index (χ2n) is 12.3. The van der Waals surface area contributed by atoms with Gasteiger partial charge in [-0.15, -0.1) is 0 Å². The Morgan fingerprint density at radius 3 is 1.84 bits per heavy atom. The first kappa shape index (κ1) is 30.9. The van der Waals surface area contributed by atoms with Crippen LogP contribution in [0.4, 0.5) is 0 Å². The number of carbonyl (C=O) groups excluding carboxylic acids is 2. The standard InChI is InChI=1S/C34H55NO3/c1-4-6-9-13-27-17-21-29(22-18-27)32(36)25-35-26(3)33(30-15-11-8-12-16-30)38-34(37)31-23-19-28(20-24-31)14-10-7-5-2/h8,11-12,15-16,26-29,31,33,35H,4-7,9-10,13-14,17-25H2,1-3H3/t26?,27-,28-,29-,31-,33?. The van der Waals surface area contributed by atoms with Crippen LogP contribution >= 0.6 is 0 Å². The molecule has 0 spiro atoms. The summed E-state index contributed by atoms with van der Waals surface area (Å²) < 4.78 is 6.20. The largest absolute Gasteiger partial charge is 0.456 e. The van der Waals surface area contributed by atoms with Crippen molar-refractivity contribution in [2.75, 3.05) is 6.54 Å². The predicted molar refractivity (Wildman–Crippen MR) is 157 cm³/mol. The van der Waals surface area contributed by atoms with E-state index in [1.165, 1.54) is 64.2 Å². The van der Waals surface area contributed by atoms with Crippen LogP contribution in [0.25, 0.3) is 0 Å². The van der Waals surface area contributed by atoms with Gasteiger partial charge in [0.05, 0.1) is 12.5 Å². The van der Waals surface area contributed by atoms with Gasteiger partial charge in [-0.2, -0.15) is 0 Å². The van der Waals surface area contributed by atoms with Crippen molar-refractivity contribution in [3.63, 3.8) is 0 Å². The van der Waals surface area contributed by atoms with Crippen LogP contribution in [-0.2, 0) is 14.3 Å². The number of Topliss-reactive ketones (excluding diaryl/α,β-unsaturated/α-hetero) is 1. The Balaban J connectivity index is 1.48. The lowest BCUT2D eigenvalue weighted by molar-refractivity contribution is -0.157. The van der Waals surface area contributed by atoms with Crippen molar-refractivity contribution in [3.05, 3.63) is 35.9 Å². The van der Waals surface area contributed by atoms with Gasteiger partial charge in [-0.1, -0.05) is 95.5 Å². The maximum atomic E-state index is 13.2. The Morgan fingerprint density at radius 1 is 0.789 bits per heavy atom. The van der Waals surface area contributed by atoms with E-state index < -0.39 is 0 Å². The zero-order chi connectivity index (χ0) is 27.2. The number of ketones is 1. The highest BCUT2D eigenvalue weighted by Gasteiger charge is 2.32. The first-order valence-corrected chi connectivity index (χ1v) is 16.0. The molecule has 0 aliphatic heterocycles. The summed E-state index contributed by atoms with van der Waals surface area (Å²) in [6.45, 7) is 6.92. The van der Waals surface area contributed by atoms with Crippen LogP contribution in [0, 0.1) is 23.7 Å². The minimum absolute atomic E-state index is 0.00461. The summed E-state index contributed by atoms with van der Waals surface area (Å²) in [5.74, 6) is 2.03. The van der Waals surface area contributed by atoms with Crippen molar-refractivity contribution in [1.82, 2.24) is 5.32 Å². The summed E-state index contributed by atoms with van der Waals surface area (Å²) in [6.07, 6.45) is 18.7. The molecular formula is C34H55NO3. The molecule has 2 fully saturated rings. The van der Waals surface area contributed by atoms with E-state index >= 15 is 0 Å². The van der Waals surface area contributed by atoms with Crippen molar-refractivity contribution >= 4 is 11.8 Å². The number of esters is 1. The fourth-order valence-electron chi connectivity index (χ4n) is 6.66. The van der Waals surface area contributed by atoms with Gasteiger partial charge in [0, 0.05) is 12.0 Å². The van der Waals surface area contributed by atoms with E-state index in [1.54, 1.807) is 0 Å². The molecule has 2 aliphatic rings. The van der Waals surface area contributed by atoms with E-state index in [1.807, 2.05) is 37.3 Å². The van der Waals surface area contributed by atoms with Crippen LogP contribution < -0.4 is 5.32 Å². The molecule has 2 saturated carbocycles. The summed E-state index contributed by atoms with van der Waals surface area (Å²) in [5, 5.41) is 3.45. The zero-order valence-electron chi connectivity index (χ0n) is 24.6. The highest BCUT2D eigenvalue weighted by Crippen LogP contribution is 2.35. The minimum atomic E-state index is -0.381. The van der Waals surface area contributed by atoms with Gasteiger partial charge in [0.15, 0.2) is 0 Å². The lowest BCUT2D eigenvalue weighted by atomic mass is 9.78. The first-order chi connectivity index (χ1) is 18.5. The summed E-state index contributed by atoms with van der Waals surface area (Å²) in [4.78, 5) is 26.3. The van der Waals surface area contributed by atoms with Gasteiger partial charge in [0.25, 0.3) is 0 Å². The molecule has 1 aromatic carbocycles. The quantitative estimate of drug-likeness (QED) is 0.173. The van der Waals surface area contributed by atoms with E-state index in [0.717, 1.165) is 55.9 Å². The molecule has 0 bridgehead atoms. The molecule has 4 nitrogen and oxygen atoms in total. The van der Waals surface area contributed by atoms with Crippen molar-refractivity contribution < 1.29 is 14.3 Å². The summed E-state index contributed by atoms with van der Waals surface area (Å²) in [5.41, 5.74) is 0.995. The molecule has 214 valence electrons. The average Bonchev–Trinajstić information content (AvgIpc) is 2.96. The maximum Gasteiger partial charge on any atom is 0.309 e. The van der Waals surface area contributed by atoms with Gasteiger partial charge < -0.3 is 10.1 Å². The molecule has 1 N–H and O–H groups in total. The van der Waals surface area contributed by atoms with E-state index in [-0.39, 0.29) is 30.0 Å². The van der Waals surface area contributed by atoms with Crippen LogP contribution in [0.2, 0.25) is 0 Å². The Bertz CT molecular complexity index is 793. The van der Waals surface area contributed by atoms with Gasteiger partial charge in [0.1, 0.15) is 11.9 Å². The van der Waals surface area contributed by atoms with Crippen molar-refractivity contribution in [3.8, 4) is 0 Å². The lowest BCUT2D eigenvalue weighted by Crippen LogP contribution is -2.40. The van der Waals surface area contributed by atoms with Crippen LogP contribution in [0.3, 0.4) is 0 Å². The SMILES string of the molecule is CCCCC[C@H]1CC[C@H](C(=O)CNC(C)C(OC(=O)[C@H]2CC[C@H](CCCCC)CC2)c2ccccc2)CC1. The number of hydrogen-bond donors (Lipinski definition) is 1. The highest BCUT2D eigenvalue weighted by molar-refractivity contribution is 5.83. The monoisotopic (exact) mass is 525 g/mol. The molecule has 0 amide bonds. The van der Waals surface area contributed by atoms with E-state index in [4.69, 9.17) is 4.74 Å². The third kappa shape index (κ3) is 10.1. The fourth-order valence-corrected chi connectivity index (χ4v) is 6.66. The molecule has 4 heteroatoms. The number of carbonyl (C=O) groups is 2. The minimum Gasteiger partial charge on any atom is -0.456 e. The van der Waals surface area contributed by atoms with Gasteiger partial charge in [-0.25, -0.2) is 0 Å². The Hall–Kier alpha value is -1.68. The van der Waals surface area contributed by atoms with Gasteiger partial charge in [-0.3, -0.25) is 9.59 Å². The van der Waals surface area contributed by atoms with E-state index in [2.05, 4.69) is 19.2 Å². The van der Waals surface area contributed by atoms with Gasteiger partial charge in [-0.05, 0) is 75.7 Å². The number of rotatable bonds is 16. The molecule has 0 radical (unpaired) electrons. The van der Waals surface area contributed by atoms with Crippen LogP contribution in [0.1, 0.15) is 135 Å². The van der Waals surface area contributed by atoms with E-state index in [9.17, 15) is 9.59 Å². The molecule has 1 aromatic rings.